The molecule has 1 N–H and O–H groups in total. The summed E-state index contributed by atoms with van der Waals surface area (Å²) in [4.78, 5) is 48.0. The number of rotatable bonds is 3. The lowest BCUT2D eigenvalue weighted by atomic mass is 10.1. The first-order valence-corrected chi connectivity index (χ1v) is 7.60. The number of amides is 4. The molecular weight excluding hydrogens is 358 g/mol. The highest BCUT2D eigenvalue weighted by molar-refractivity contribution is 6.30. The van der Waals surface area contributed by atoms with Crippen molar-refractivity contribution in [2.75, 3.05) is 14.1 Å². The quantitative estimate of drug-likeness (QED) is 0.377. The number of nitrogens with zero attached hydrogens (tertiary/aromatic N) is 3. The maximum absolute atomic E-state index is 12.2. The van der Waals surface area contributed by atoms with Gasteiger partial charge in [0.05, 0.1) is 10.5 Å². The summed E-state index contributed by atoms with van der Waals surface area (Å²) in [6.07, 6.45) is 1.17. The van der Waals surface area contributed by atoms with Crippen LogP contribution in [0.1, 0.15) is 5.76 Å². The van der Waals surface area contributed by atoms with E-state index in [1.54, 1.807) is 0 Å². The summed E-state index contributed by atoms with van der Waals surface area (Å²) in [6, 6.07) is 5.56. The Morgan fingerprint density at radius 3 is 2.30 bits per heavy atom. The second-order valence-electron chi connectivity index (χ2n) is 5.73. The number of non-ortho nitro benzene ring substituents is 1. The van der Waals surface area contributed by atoms with Gasteiger partial charge in [-0.2, -0.15) is 0 Å². The lowest BCUT2D eigenvalue weighted by Gasteiger charge is -2.28. The summed E-state index contributed by atoms with van der Waals surface area (Å²) >= 11 is 0. The van der Waals surface area contributed by atoms with Gasteiger partial charge in [-0.25, -0.2) is 4.79 Å². The zero-order chi connectivity index (χ0) is 19.9. The lowest BCUT2D eigenvalue weighted by Crippen LogP contribution is -2.52. The number of hydrogen-bond donors (Lipinski definition) is 1. The molecule has 2 aromatic rings. The fourth-order valence-electron chi connectivity index (χ4n) is 2.53. The minimum atomic E-state index is -0.778. The van der Waals surface area contributed by atoms with E-state index in [0.717, 1.165) is 28.0 Å². The molecule has 10 heteroatoms. The normalized spacial score (nSPS) is 14.7. The third kappa shape index (κ3) is 3.03. The molecule has 0 radical (unpaired) electrons. The van der Waals surface area contributed by atoms with E-state index in [1.165, 1.54) is 32.3 Å². The van der Waals surface area contributed by atoms with Gasteiger partial charge in [0.1, 0.15) is 22.8 Å². The van der Waals surface area contributed by atoms with Crippen LogP contribution >= 0.6 is 0 Å². The van der Waals surface area contributed by atoms with Gasteiger partial charge in [0.2, 0.25) is 0 Å². The Kier molecular flexibility index (Phi) is 4.24. The Hall–Kier alpha value is -3.95. The van der Waals surface area contributed by atoms with Gasteiger partial charge in [0.15, 0.2) is 0 Å². The zero-order valence-electron chi connectivity index (χ0n) is 14.2. The van der Waals surface area contributed by atoms with Crippen LogP contribution in [0.5, 0.6) is 5.75 Å². The van der Waals surface area contributed by atoms with E-state index in [0.29, 0.717) is 0 Å². The van der Waals surface area contributed by atoms with Gasteiger partial charge in [-0.3, -0.25) is 29.5 Å². The largest absolute Gasteiger partial charge is 0.507 e. The molecule has 0 unspecified atom stereocenters. The van der Waals surface area contributed by atoms with Crippen LogP contribution in [0.25, 0.3) is 17.4 Å². The van der Waals surface area contributed by atoms with Crippen molar-refractivity contribution in [2.45, 2.75) is 0 Å². The van der Waals surface area contributed by atoms with Crippen molar-refractivity contribution in [3.63, 3.8) is 0 Å². The van der Waals surface area contributed by atoms with Crippen LogP contribution in [0.4, 0.5) is 10.5 Å². The first-order valence-electron chi connectivity index (χ1n) is 7.60. The Balaban J connectivity index is 1.99. The Morgan fingerprint density at radius 1 is 1.07 bits per heavy atom. The third-order valence-corrected chi connectivity index (χ3v) is 4.01. The molecule has 138 valence electrons. The van der Waals surface area contributed by atoms with Gasteiger partial charge >= 0.3 is 6.03 Å². The van der Waals surface area contributed by atoms with Crippen molar-refractivity contribution in [3.8, 4) is 17.1 Å². The fourth-order valence-corrected chi connectivity index (χ4v) is 2.53. The summed E-state index contributed by atoms with van der Waals surface area (Å²) in [5.74, 6) is -1.58. The van der Waals surface area contributed by atoms with Crippen molar-refractivity contribution in [2.24, 2.45) is 0 Å². The maximum atomic E-state index is 12.2. The van der Waals surface area contributed by atoms with Gasteiger partial charge in [-0.05, 0) is 24.3 Å². The predicted octanol–water partition coefficient (Wildman–Crippen LogP) is 1.99. The molecule has 1 fully saturated rings. The first kappa shape index (κ1) is 17.9. The average molecular weight is 371 g/mol. The maximum Gasteiger partial charge on any atom is 0.333 e. The van der Waals surface area contributed by atoms with Gasteiger partial charge < -0.3 is 9.52 Å². The molecule has 1 aromatic heterocycles. The van der Waals surface area contributed by atoms with Gasteiger partial charge in [0.25, 0.3) is 17.5 Å². The number of nitro groups is 1. The van der Waals surface area contributed by atoms with Crippen LogP contribution in [0.2, 0.25) is 0 Å². The molecule has 10 nitrogen and oxygen atoms in total. The first-order chi connectivity index (χ1) is 12.7. The minimum Gasteiger partial charge on any atom is -0.507 e. The molecule has 1 saturated heterocycles. The van der Waals surface area contributed by atoms with Gasteiger partial charge in [0, 0.05) is 26.2 Å². The van der Waals surface area contributed by atoms with E-state index in [4.69, 9.17) is 4.42 Å². The summed E-state index contributed by atoms with van der Waals surface area (Å²) < 4.78 is 5.50. The van der Waals surface area contributed by atoms with Gasteiger partial charge in [-0.15, -0.1) is 0 Å². The van der Waals surface area contributed by atoms with Crippen LogP contribution in [0.3, 0.4) is 0 Å². The second-order valence-corrected chi connectivity index (χ2v) is 5.73. The van der Waals surface area contributed by atoms with E-state index in [-0.39, 0.29) is 34.1 Å². The average Bonchev–Trinajstić information content (AvgIpc) is 3.10. The highest BCUT2D eigenvalue weighted by Gasteiger charge is 2.38. The smallest absolute Gasteiger partial charge is 0.333 e. The standard InChI is InChI=1S/C17H13N3O7/c1-18-15(22)12(16(23)19(2)17(18)24)8-10-4-6-14(27-10)11-7-9(20(25)26)3-5-13(11)21/h3-8,21H,1-2H3. The molecule has 1 aromatic carbocycles. The Morgan fingerprint density at radius 2 is 1.70 bits per heavy atom. The summed E-state index contributed by atoms with van der Waals surface area (Å²) in [6.45, 7) is 0. The Bertz CT molecular complexity index is 995. The number of nitro benzene ring substituents is 1. The number of likely N-dealkylation sites (N-methyl/N-ethyl adjacent to an activating group) is 2. The molecule has 4 amide bonds. The van der Waals surface area contributed by atoms with E-state index >= 15 is 0 Å². The number of aromatic hydroxyl groups is 1. The number of benzene rings is 1. The Labute approximate surface area is 152 Å². The number of hydrogen-bond acceptors (Lipinski definition) is 7. The summed E-state index contributed by atoms with van der Waals surface area (Å²) in [7, 11) is 2.49. The molecule has 1 aliphatic heterocycles. The van der Waals surface area contributed by atoms with Crippen LogP contribution < -0.4 is 0 Å². The number of phenolic OH excluding ortho intramolecular Hbond substituents is 1. The van der Waals surface area contributed by atoms with Crippen molar-refractivity contribution in [1.29, 1.82) is 0 Å². The third-order valence-electron chi connectivity index (χ3n) is 4.01. The van der Waals surface area contributed by atoms with Crippen molar-refractivity contribution in [3.05, 3.63) is 51.8 Å². The van der Waals surface area contributed by atoms with Crippen LogP contribution in [0, 0.1) is 10.1 Å². The van der Waals surface area contributed by atoms with E-state index in [2.05, 4.69) is 0 Å². The fraction of sp³-hybridized carbons (Fsp3) is 0.118. The molecule has 2 heterocycles. The number of urea groups is 1. The second kappa shape index (κ2) is 6.41. The molecule has 0 bridgehead atoms. The highest BCUT2D eigenvalue weighted by atomic mass is 16.6. The molecular formula is C17H13N3O7. The van der Waals surface area contributed by atoms with E-state index < -0.39 is 22.8 Å². The molecule has 1 aliphatic rings. The van der Waals surface area contributed by atoms with Gasteiger partial charge in [-0.1, -0.05) is 0 Å². The van der Waals surface area contributed by atoms with Crippen LogP contribution in [-0.2, 0) is 9.59 Å². The molecule has 0 spiro atoms. The van der Waals surface area contributed by atoms with Crippen LogP contribution in [0.15, 0.2) is 40.3 Å². The number of imide groups is 2. The molecule has 3 rings (SSSR count). The molecule has 0 atom stereocenters. The van der Waals surface area contributed by atoms with E-state index in [1.807, 2.05) is 0 Å². The van der Waals surface area contributed by atoms with Crippen molar-refractivity contribution >= 4 is 29.6 Å². The van der Waals surface area contributed by atoms with Crippen LogP contribution in [-0.4, -0.2) is 51.8 Å². The lowest BCUT2D eigenvalue weighted by molar-refractivity contribution is -0.384. The van der Waals surface area contributed by atoms with Crippen molar-refractivity contribution < 1.29 is 28.8 Å². The van der Waals surface area contributed by atoms with E-state index in [9.17, 15) is 29.6 Å². The van der Waals surface area contributed by atoms with Crippen molar-refractivity contribution in [1.82, 2.24) is 9.80 Å². The zero-order valence-corrected chi connectivity index (χ0v) is 14.2. The monoisotopic (exact) mass is 371 g/mol. The number of barbiturate groups is 1. The number of furan rings is 1. The number of carbonyl (C=O) groups excluding carboxylic acids is 3. The molecule has 0 aliphatic carbocycles. The molecule has 0 saturated carbocycles. The predicted molar refractivity (Wildman–Crippen MR) is 91.4 cm³/mol. The summed E-state index contributed by atoms with van der Waals surface area (Å²) in [5.41, 5.74) is -0.429. The summed E-state index contributed by atoms with van der Waals surface area (Å²) in [5, 5.41) is 20.8. The topological polar surface area (TPSA) is 134 Å². The molecule has 27 heavy (non-hydrogen) atoms. The number of carbonyl (C=O) groups is 3. The number of phenols is 1. The highest BCUT2D eigenvalue weighted by Crippen LogP contribution is 2.34. The SMILES string of the molecule is CN1C(=O)C(=Cc2ccc(-c3cc([N+](=O)[O-])ccc3O)o2)C(=O)N(C)C1=O. The minimum absolute atomic E-state index is 0.0829.